The zero-order valence-corrected chi connectivity index (χ0v) is 12.0. The number of hydrogen-bond donors (Lipinski definition) is 1. The lowest BCUT2D eigenvalue weighted by atomic mass is 9.87. The highest BCUT2D eigenvalue weighted by molar-refractivity contribution is 5.03. The summed E-state index contributed by atoms with van der Waals surface area (Å²) in [5.74, 6) is 0. The van der Waals surface area contributed by atoms with Crippen molar-refractivity contribution in [3.63, 3.8) is 0 Å². The molecule has 1 aliphatic carbocycles. The summed E-state index contributed by atoms with van der Waals surface area (Å²) in [5.41, 5.74) is 0.516. The Labute approximate surface area is 107 Å². The topological polar surface area (TPSA) is 15.3 Å². The smallest absolute Gasteiger partial charge is 0.0337 e. The van der Waals surface area contributed by atoms with E-state index in [2.05, 4.69) is 31.0 Å². The van der Waals surface area contributed by atoms with E-state index in [0.717, 1.165) is 12.1 Å². The van der Waals surface area contributed by atoms with Crippen LogP contribution in [0.4, 0.5) is 0 Å². The van der Waals surface area contributed by atoms with Crippen molar-refractivity contribution in [2.75, 3.05) is 13.1 Å². The van der Waals surface area contributed by atoms with Crippen molar-refractivity contribution in [2.24, 2.45) is 0 Å². The van der Waals surface area contributed by atoms with Crippen molar-refractivity contribution < 1.29 is 0 Å². The molecule has 1 aliphatic heterocycles. The van der Waals surface area contributed by atoms with E-state index >= 15 is 0 Å². The first-order chi connectivity index (χ1) is 8.25. The van der Waals surface area contributed by atoms with Crippen LogP contribution in [0.15, 0.2) is 0 Å². The Bertz CT molecular complexity index is 229. The normalized spacial score (nSPS) is 29.3. The fraction of sp³-hybridized carbons (Fsp3) is 1.00. The molecule has 0 amide bonds. The van der Waals surface area contributed by atoms with Crippen molar-refractivity contribution in [3.8, 4) is 0 Å². The molecule has 1 heterocycles. The summed E-state index contributed by atoms with van der Waals surface area (Å²) in [4.78, 5) is 2.89. The minimum Gasteiger partial charge on any atom is -0.311 e. The van der Waals surface area contributed by atoms with E-state index in [1.54, 1.807) is 0 Å². The summed E-state index contributed by atoms with van der Waals surface area (Å²) >= 11 is 0. The van der Waals surface area contributed by atoms with Gasteiger partial charge in [-0.15, -0.1) is 0 Å². The van der Waals surface area contributed by atoms with Crippen molar-refractivity contribution >= 4 is 0 Å². The van der Waals surface area contributed by atoms with Gasteiger partial charge in [-0.1, -0.05) is 33.6 Å². The molecule has 2 heteroatoms. The molecule has 0 aromatic carbocycles. The van der Waals surface area contributed by atoms with Crippen LogP contribution < -0.4 is 5.32 Å². The van der Waals surface area contributed by atoms with Gasteiger partial charge in [-0.2, -0.15) is 0 Å². The van der Waals surface area contributed by atoms with E-state index in [-0.39, 0.29) is 0 Å². The van der Waals surface area contributed by atoms with Crippen molar-refractivity contribution in [2.45, 2.75) is 83.3 Å². The molecule has 1 saturated heterocycles. The van der Waals surface area contributed by atoms with Gasteiger partial charge in [-0.3, -0.25) is 4.90 Å². The third kappa shape index (κ3) is 2.53. The molecule has 1 unspecified atom stereocenters. The van der Waals surface area contributed by atoms with Crippen LogP contribution in [0.1, 0.15) is 65.7 Å². The fourth-order valence-corrected chi connectivity index (χ4v) is 3.97. The highest BCUT2D eigenvalue weighted by Gasteiger charge is 2.44. The maximum absolute atomic E-state index is 3.79. The molecule has 0 aromatic rings. The lowest BCUT2D eigenvalue weighted by Gasteiger charge is -2.51. The predicted molar refractivity (Wildman–Crippen MR) is 74.4 cm³/mol. The van der Waals surface area contributed by atoms with Gasteiger partial charge in [0.05, 0.1) is 0 Å². The van der Waals surface area contributed by atoms with E-state index < -0.39 is 0 Å². The molecule has 17 heavy (non-hydrogen) atoms. The summed E-state index contributed by atoms with van der Waals surface area (Å²) in [6.07, 6.45) is 9.63. The third-order valence-corrected chi connectivity index (χ3v) is 5.16. The molecule has 0 aromatic heterocycles. The molecule has 1 saturated carbocycles. The summed E-state index contributed by atoms with van der Waals surface area (Å²) in [6.45, 7) is 9.56. The Kier molecular flexibility index (Phi) is 4.48. The van der Waals surface area contributed by atoms with E-state index in [1.165, 1.54) is 58.0 Å². The van der Waals surface area contributed by atoms with Gasteiger partial charge in [0.1, 0.15) is 0 Å². The quantitative estimate of drug-likeness (QED) is 0.809. The van der Waals surface area contributed by atoms with Crippen LogP contribution in [0.2, 0.25) is 0 Å². The predicted octanol–water partition coefficient (Wildman–Crippen LogP) is 3.17. The molecule has 100 valence electrons. The average molecular weight is 238 g/mol. The summed E-state index contributed by atoms with van der Waals surface area (Å²) < 4.78 is 0. The first-order valence-corrected chi connectivity index (χ1v) is 7.76. The van der Waals surface area contributed by atoms with Gasteiger partial charge in [0, 0.05) is 30.7 Å². The molecular formula is C15H30N2. The monoisotopic (exact) mass is 238 g/mol. The minimum absolute atomic E-state index is 0.516. The van der Waals surface area contributed by atoms with Crippen LogP contribution in [0, 0.1) is 0 Å². The van der Waals surface area contributed by atoms with Crippen LogP contribution in [-0.4, -0.2) is 35.6 Å². The first kappa shape index (κ1) is 13.4. The molecule has 0 radical (unpaired) electrons. The minimum atomic E-state index is 0.516. The Morgan fingerprint density at radius 3 is 2.35 bits per heavy atom. The average Bonchev–Trinajstić information content (AvgIpc) is 2.82. The molecule has 1 atom stereocenters. The van der Waals surface area contributed by atoms with E-state index in [0.29, 0.717) is 5.54 Å². The number of rotatable bonds is 4. The SMILES string of the molecule is CCC1CN(C(CC)CC)C2(CCCC2)CN1. The van der Waals surface area contributed by atoms with E-state index in [4.69, 9.17) is 0 Å². The van der Waals surface area contributed by atoms with Crippen LogP contribution in [0.5, 0.6) is 0 Å². The Morgan fingerprint density at radius 1 is 1.18 bits per heavy atom. The zero-order chi connectivity index (χ0) is 12.3. The molecular weight excluding hydrogens is 208 g/mol. The fourth-order valence-electron chi connectivity index (χ4n) is 3.97. The third-order valence-electron chi connectivity index (χ3n) is 5.16. The van der Waals surface area contributed by atoms with Crippen LogP contribution in [0.3, 0.4) is 0 Å². The highest BCUT2D eigenvalue weighted by Crippen LogP contribution is 2.39. The van der Waals surface area contributed by atoms with Crippen molar-refractivity contribution in [3.05, 3.63) is 0 Å². The van der Waals surface area contributed by atoms with E-state index in [9.17, 15) is 0 Å². The molecule has 2 fully saturated rings. The van der Waals surface area contributed by atoms with E-state index in [1.807, 2.05) is 0 Å². The molecule has 2 rings (SSSR count). The maximum atomic E-state index is 3.79. The standard InChI is InChI=1S/C15H30N2/c1-4-13-11-17(14(5-2)6-3)15(12-16-13)9-7-8-10-15/h13-14,16H,4-12H2,1-3H3. The molecule has 1 N–H and O–H groups in total. The van der Waals surface area contributed by atoms with Gasteiger partial charge < -0.3 is 5.32 Å². The van der Waals surface area contributed by atoms with Crippen LogP contribution in [0.25, 0.3) is 0 Å². The number of hydrogen-bond acceptors (Lipinski definition) is 2. The summed E-state index contributed by atoms with van der Waals surface area (Å²) in [5, 5.41) is 3.79. The zero-order valence-electron chi connectivity index (χ0n) is 12.0. The summed E-state index contributed by atoms with van der Waals surface area (Å²) in [7, 11) is 0. The largest absolute Gasteiger partial charge is 0.311 e. The lowest BCUT2D eigenvalue weighted by Crippen LogP contribution is -2.65. The molecule has 2 aliphatic rings. The summed E-state index contributed by atoms with van der Waals surface area (Å²) in [6, 6.07) is 1.53. The van der Waals surface area contributed by atoms with Crippen molar-refractivity contribution in [1.29, 1.82) is 0 Å². The Morgan fingerprint density at radius 2 is 1.82 bits per heavy atom. The van der Waals surface area contributed by atoms with Crippen LogP contribution in [-0.2, 0) is 0 Å². The van der Waals surface area contributed by atoms with Gasteiger partial charge >= 0.3 is 0 Å². The second-order valence-electron chi connectivity index (χ2n) is 6.04. The number of piperazine rings is 1. The van der Waals surface area contributed by atoms with Gasteiger partial charge in [0.25, 0.3) is 0 Å². The second kappa shape index (κ2) is 5.71. The number of nitrogens with one attached hydrogen (secondary N) is 1. The number of nitrogens with zero attached hydrogens (tertiary/aromatic N) is 1. The van der Waals surface area contributed by atoms with Gasteiger partial charge in [-0.05, 0) is 32.1 Å². The van der Waals surface area contributed by atoms with Crippen LogP contribution >= 0.6 is 0 Å². The Hall–Kier alpha value is -0.0800. The Balaban J connectivity index is 2.13. The first-order valence-electron chi connectivity index (χ1n) is 7.76. The highest BCUT2D eigenvalue weighted by atomic mass is 15.3. The van der Waals surface area contributed by atoms with Gasteiger partial charge in [-0.25, -0.2) is 0 Å². The van der Waals surface area contributed by atoms with Gasteiger partial charge in [0.15, 0.2) is 0 Å². The molecule has 2 nitrogen and oxygen atoms in total. The molecule has 1 spiro atoms. The molecule has 0 bridgehead atoms. The van der Waals surface area contributed by atoms with Crippen molar-refractivity contribution in [1.82, 2.24) is 10.2 Å². The second-order valence-corrected chi connectivity index (χ2v) is 6.04. The maximum Gasteiger partial charge on any atom is 0.0337 e. The lowest BCUT2D eigenvalue weighted by molar-refractivity contribution is 0.00134. The van der Waals surface area contributed by atoms with Gasteiger partial charge in [0.2, 0.25) is 0 Å².